The summed E-state index contributed by atoms with van der Waals surface area (Å²) in [6.07, 6.45) is 5.65. The second-order valence-electron chi connectivity index (χ2n) is 10.1. The van der Waals surface area contributed by atoms with Gasteiger partial charge in [-0.3, -0.25) is 9.59 Å². The second kappa shape index (κ2) is 14.2. The van der Waals surface area contributed by atoms with E-state index < -0.39 is 12.1 Å². The number of likely N-dealkylation sites (tertiary alicyclic amines) is 1. The van der Waals surface area contributed by atoms with Crippen molar-refractivity contribution in [2.45, 2.75) is 63.5 Å². The fourth-order valence-electron chi connectivity index (χ4n) is 5.07. The predicted molar refractivity (Wildman–Crippen MR) is 145 cm³/mol. The van der Waals surface area contributed by atoms with Crippen LogP contribution in [0.25, 0.3) is 0 Å². The third-order valence-corrected chi connectivity index (χ3v) is 7.26. The van der Waals surface area contributed by atoms with Crippen LogP contribution in [-0.4, -0.2) is 67.7 Å². The van der Waals surface area contributed by atoms with E-state index >= 15 is 0 Å². The van der Waals surface area contributed by atoms with Crippen LogP contribution in [0.4, 0.5) is 0 Å². The smallest absolute Gasteiger partial charge is 0.220 e. The molecule has 0 radical (unpaired) electrons. The van der Waals surface area contributed by atoms with E-state index in [1.165, 1.54) is 0 Å². The molecule has 0 bridgehead atoms. The number of hydrogen-bond donors (Lipinski definition) is 2. The average Bonchev–Trinajstić information content (AvgIpc) is 3.47. The number of fused-ring (bicyclic) bond motifs is 1. The quantitative estimate of drug-likeness (QED) is 0.281. The fraction of sp³-hybridized carbons (Fsp3) is 0.533. The van der Waals surface area contributed by atoms with Crippen molar-refractivity contribution in [1.29, 1.82) is 0 Å². The van der Waals surface area contributed by atoms with Crippen molar-refractivity contribution in [3.8, 4) is 17.2 Å². The van der Waals surface area contributed by atoms with Gasteiger partial charge in [-0.05, 0) is 80.7 Å². The Kier molecular flexibility index (Phi) is 10.4. The molecule has 2 aliphatic rings. The number of hydrogen-bond acceptors (Lipinski definition) is 7. The van der Waals surface area contributed by atoms with Crippen LogP contribution in [0.1, 0.15) is 73.4 Å². The van der Waals surface area contributed by atoms with Crippen LogP contribution in [0.15, 0.2) is 42.5 Å². The fourth-order valence-corrected chi connectivity index (χ4v) is 5.07. The maximum Gasteiger partial charge on any atom is 0.220 e. The van der Waals surface area contributed by atoms with Crippen molar-refractivity contribution in [2.24, 2.45) is 0 Å². The number of methoxy groups -OCH3 is 1. The van der Waals surface area contributed by atoms with Gasteiger partial charge in [-0.2, -0.15) is 0 Å². The molecule has 1 amide bonds. The molecule has 206 valence electrons. The van der Waals surface area contributed by atoms with E-state index in [0.717, 1.165) is 57.4 Å². The number of ether oxygens (including phenoxy) is 3. The van der Waals surface area contributed by atoms with Gasteiger partial charge in [0.2, 0.25) is 5.91 Å². The molecule has 1 saturated heterocycles. The highest BCUT2D eigenvalue weighted by Gasteiger charge is 2.27. The molecule has 38 heavy (non-hydrogen) atoms. The van der Waals surface area contributed by atoms with E-state index in [-0.39, 0.29) is 11.7 Å². The van der Waals surface area contributed by atoms with Crippen molar-refractivity contribution in [3.63, 3.8) is 0 Å². The van der Waals surface area contributed by atoms with Crippen LogP contribution in [0.3, 0.4) is 0 Å². The van der Waals surface area contributed by atoms with Crippen molar-refractivity contribution >= 4 is 11.7 Å². The molecule has 0 aliphatic carbocycles. The Morgan fingerprint density at radius 1 is 0.947 bits per heavy atom. The van der Waals surface area contributed by atoms with Gasteiger partial charge in [-0.25, -0.2) is 0 Å². The first-order valence-electron chi connectivity index (χ1n) is 13.8. The number of carbonyl (C=O) groups excluding carboxylic acids is 2. The molecule has 4 rings (SSSR count). The lowest BCUT2D eigenvalue weighted by Crippen LogP contribution is -2.46. The van der Waals surface area contributed by atoms with Gasteiger partial charge in [0.15, 0.2) is 17.3 Å². The van der Waals surface area contributed by atoms with E-state index in [0.29, 0.717) is 55.2 Å². The Morgan fingerprint density at radius 3 is 2.34 bits per heavy atom. The van der Waals surface area contributed by atoms with Crippen LogP contribution in [0.2, 0.25) is 0 Å². The summed E-state index contributed by atoms with van der Waals surface area (Å²) in [5.41, 5.74) is 1.41. The highest BCUT2D eigenvalue weighted by atomic mass is 16.6. The number of rotatable bonds is 14. The Labute approximate surface area is 225 Å². The van der Waals surface area contributed by atoms with Crippen LogP contribution >= 0.6 is 0 Å². The summed E-state index contributed by atoms with van der Waals surface area (Å²) in [6.45, 7) is 3.57. The molecule has 2 aliphatic heterocycles. The number of Topliss-reactive ketones (excluding diaryl/α,β-unsaturated/α-hetero) is 1. The molecule has 0 spiro atoms. The van der Waals surface area contributed by atoms with E-state index in [9.17, 15) is 14.7 Å². The number of amides is 1. The standard InChI is InChI=1S/C30H40N2O6/c1-36-24-13-10-22(11-14-24)26(33)8-4-2-3-5-9-29(34)31-25(21-32-16-6-7-17-32)30(35)23-12-15-27-28(20-23)38-19-18-37-27/h10-15,20,25,30,35H,2-9,16-19,21H2,1H3,(H,31,34). The van der Waals surface area contributed by atoms with Crippen molar-refractivity contribution < 1.29 is 28.9 Å². The second-order valence-corrected chi connectivity index (χ2v) is 10.1. The number of unbranched alkanes of at least 4 members (excludes halogenated alkanes) is 3. The Bertz CT molecular complexity index is 1050. The number of ketones is 1. The van der Waals surface area contributed by atoms with Gasteiger partial charge in [0.1, 0.15) is 25.1 Å². The number of nitrogens with zero attached hydrogens (tertiary/aromatic N) is 1. The monoisotopic (exact) mass is 524 g/mol. The zero-order valence-corrected chi connectivity index (χ0v) is 22.3. The van der Waals surface area contributed by atoms with Gasteiger partial charge in [0.05, 0.1) is 13.2 Å². The average molecular weight is 525 g/mol. The first-order valence-corrected chi connectivity index (χ1v) is 13.8. The first kappa shape index (κ1) is 27.9. The highest BCUT2D eigenvalue weighted by molar-refractivity contribution is 5.96. The van der Waals surface area contributed by atoms with Gasteiger partial charge in [0, 0.05) is 24.9 Å². The van der Waals surface area contributed by atoms with Crippen LogP contribution < -0.4 is 19.5 Å². The minimum absolute atomic E-state index is 0.0555. The predicted octanol–water partition coefficient (Wildman–Crippen LogP) is 4.30. The van der Waals surface area contributed by atoms with Crippen LogP contribution in [0, 0.1) is 0 Å². The third-order valence-electron chi connectivity index (χ3n) is 7.26. The summed E-state index contributed by atoms with van der Waals surface area (Å²) in [5, 5.41) is 14.3. The summed E-state index contributed by atoms with van der Waals surface area (Å²) in [6, 6.07) is 12.3. The molecular weight excluding hydrogens is 484 g/mol. The van der Waals surface area contributed by atoms with Crippen molar-refractivity contribution in [2.75, 3.05) is 40.0 Å². The molecule has 8 heteroatoms. The molecule has 2 atom stereocenters. The van der Waals surface area contributed by atoms with Gasteiger partial charge in [-0.1, -0.05) is 18.9 Å². The molecule has 2 unspecified atom stereocenters. The van der Waals surface area contributed by atoms with E-state index in [2.05, 4.69) is 10.2 Å². The Hall–Kier alpha value is -3.10. The number of aliphatic hydroxyl groups is 1. The largest absolute Gasteiger partial charge is 0.497 e. The maximum absolute atomic E-state index is 12.8. The molecule has 1 fully saturated rings. The van der Waals surface area contributed by atoms with Gasteiger partial charge >= 0.3 is 0 Å². The molecule has 8 nitrogen and oxygen atoms in total. The van der Waals surface area contributed by atoms with Crippen molar-refractivity contribution in [1.82, 2.24) is 10.2 Å². The number of nitrogens with one attached hydrogen (secondary N) is 1. The normalized spacial score (nSPS) is 16.6. The Morgan fingerprint density at radius 2 is 1.63 bits per heavy atom. The van der Waals surface area contributed by atoms with Crippen LogP contribution in [0.5, 0.6) is 17.2 Å². The summed E-state index contributed by atoms with van der Waals surface area (Å²) in [5.74, 6) is 2.12. The minimum Gasteiger partial charge on any atom is -0.497 e. The lowest BCUT2D eigenvalue weighted by molar-refractivity contribution is -0.123. The lowest BCUT2D eigenvalue weighted by Gasteiger charge is -2.29. The molecule has 2 aromatic rings. The molecule has 2 N–H and O–H groups in total. The number of aliphatic hydroxyl groups excluding tert-OH is 1. The topological polar surface area (TPSA) is 97.3 Å². The van der Waals surface area contributed by atoms with E-state index in [4.69, 9.17) is 14.2 Å². The Balaban J connectivity index is 1.22. The maximum atomic E-state index is 12.8. The molecular formula is C30H40N2O6. The van der Waals surface area contributed by atoms with Crippen LogP contribution in [-0.2, 0) is 4.79 Å². The number of benzene rings is 2. The van der Waals surface area contributed by atoms with Crippen molar-refractivity contribution in [3.05, 3.63) is 53.6 Å². The van der Waals surface area contributed by atoms with Gasteiger partial charge < -0.3 is 29.5 Å². The molecule has 2 aromatic carbocycles. The van der Waals surface area contributed by atoms with E-state index in [1.54, 1.807) is 31.4 Å². The summed E-state index contributed by atoms with van der Waals surface area (Å²) in [4.78, 5) is 27.5. The summed E-state index contributed by atoms with van der Waals surface area (Å²) >= 11 is 0. The molecule has 0 saturated carbocycles. The third kappa shape index (κ3) is 7.95. The zero-order chi connectivity index (χ0) is 26.7. The van der Waals surface area contributed by atoms with Gasteiger partial charge in [-0.15, -0.1) is 0 Å². The minimum atomic E-state index is -0.848. The molecule has 2 heterocycles. The first-order chi connectivity index (χ1) is 18.5. The molecule has 0 aromatic heterocycles. The zero-order valence-electron chi connectivity index (χ0n) is 22.3. The number of carbonyl (C=O) groups is 2. The van der Waals surface area contributed by atoms with E-state index in [1.807, 2.05) is 18.2 Å². The highest BCUT2D eigenvalue weighted by Crippen LogP contribution is 2.33. The lowest BCUT2D eigenvalue weighted by atomic mass is 10.00. The SMILES string of the molecule is COc1ccc(C(=O)CCCCCCC(=O)NC(CN2CCCC2)C(O)c2ccc3c(c2)OCCO3)cc1. The van der Waals surface area contributed by atoms with Gasteiger partial charge in [0.25, 0.3) is 0 Å². The summed E-state index contributed by atoms with van der Waals surface area (Å²) in [7, 11) is 1.60. The summed E-state index contributed by atoms with van der Waals surface area (Å²) < 4.78 is 16.4.